The van der Waals surface area contributed by atoms with Gasteiger partial charge in [-0.3, -0.25) is 9.48 Å². The molecule has 1 atom stereocenters. The molecule has 0 saturated carbocycles. The van der Waals surface area contributed by atoms with E-state index in [1.807, 2.05) is 37.7 Å². The number of hydrogen-bond donors (Lipinski definition) is 1. The summed E-state index contributed by atoms with van der Waals surface area (Å²) in [5.41, 5.74) is -0.642. The molecule has 0 bridgehead atoms. The fourth-order valence-electron chi connectivity index (χ4n) is 1.71. The predicted octanol–water partition coefficient (Wildman–Crippen LogP) is 1.20. The lowest BCUT2D eigenvalue weighted by Crippen LogP contribution is -2.51. The first kappa shape index (κ1) is 13.7. The van der Waals surface area contributed by atoms with Gasteiger partial charge >= 0.3 is 5.97 Å². The maximum atomic E-state index is 11.9. The Morgan fingerprint density at radius 1 is 1.53 bits per heavy atom. The molecule has 0 aromatic carbocycles. The summed E-state index contributed by atoms with van der Waals surface area (Å²) in [6, 6.07) is 1.87. The molecule has 0 amide bonds. The molecule has 0 spiro atoms. The lowest BCUT2D eigenvalue weighted by atomic mass is 9.98. The number of nitrogens with one attached hydrogen (secondary N) is 1. The zero-order valence-electron chi connectivity index (χ0n) is 10.8. The van der Waals surface area contributed by atoms with Crippen molar-refractivity contribution in [2.75, 3.05) is 13.2 Å². The van der Waals surface area contributed by atoms with Gasteiger partial charge in [-0.1, -0.05) is 6.92 Å². The number of aromatic nitrogens is 2. The number of nitrogens with zero attached hydrogens (tertiary/aromatic N) is 2. The Kier molecular flexibility index (Phi) is 5.15. The van der Waals surface area contributed by atoms with Crippen LogP contribution in [0.1, 0.15) is 27.2 Å². The maximum Gasteiger partial charge on any atom is 0.326 e. The number of ether oxygens (including phenoxy) is 1. The third-order valence-electron chi connectivity index (χ3n) is 2.69. The van der Waals surface area contributed by atoms with Gasteiger partial charge in [-0.05, 0) is 32.9 Å². The van der Waals surface area contributed by atoms with Gasteiger partial charge in [0.05, 0.1) is 6.61 Å². The summed E-state index contributed by atoms with van der Waals surface area (Å²) >= 11 is 0. The van der Waals surface area contributed by atoms with Gasteiger partial charge in [0.25, 0.3) is 0 Å². The van der Waals surface area contributed by atoms with Crippen LogP contribution >= 0.6 is 0 Å². The quantitative estimate of drug-likeness (QED) is 0.726. The van der Waals surface area contributed by atoms with Gasteiger partial charge in [0.2, 0.25) is 0 Å². The fraction of sp³-hybridized carbons (Fsp3) is 0.667. The number of likely N-dealkylation sites (N-methyl/N-ethyl adjacent to an activating group) is 1. The lowest BCUT2D eigenvalue weighted by Gasteiger charge is -2.28. The zero-order chi connectivity index (χ0) is 12.7. The first-order valence-corrected chi connectivity index (χ1v) is 6.02. The van der Waals surface area contributed by atoms with Crippen LogP contribution in [0, 0.1) is 0 Å². The molecule has 1 unspecified atom stereocenters. The van der Waals surface area contributed by atoms with E-state index in [-0.39, 0.29) is 5.97 Å². The van der Waals surface area contributed by atoms with Crippen molar-refractivity contribution >= 4 is 5.97 Å². The van der Waals surface area contributed by atoms with Crippen LogP contribution in [-0.2, 0) is 16.1 Å². The Bertz CT molecular complexity index is 338. The van der Waals surface area contributed by atoms with Gasteiger partial charge in [0.15, 0.2) is 0 Å². The van der Waals surface area contributed by atoms with E-state index in [0.717, 1.165) is 6.54 Å². The minimum atomic E-state index is -0.642. The Hall–Kier alpha value is -1.36. The molecule has 0 fully saturated rings. The van der Waals surface area contributed by atoms with Crippen molar-refractivity contribution in [2.24, 2.45) is 0 Å². The number of hydrogen-bond acceptors (Lipinski definition) is 4. The van der Waals surface area contributed by atoms with Crippen LogP contribution in [0.5, 0.6) is 0 Å². The number of carbonyl (C=O) groups excluding carboxylic acids is 1. The predicted molar refractivity (Wildman–Crippen MR) is 65.6 cm³/mol. The van der Waals surface area contributed by atoms with Crippen molar-refractivity contribution in [1.82, 2.24) is 15.1 Å². The Labute approximate surface area is 102 Å². The summed E-state index contributed by atoms with van der Waals surface area (Å²) in [7, 11) is 0. The second kappa shape index (κ2) is 6.39. The van der Waals surface area contributed by atoms with E-state index in [0.29, 0.717) is 19.6 Å². The standard InChI is InChI=1S/C12H21N3O2/c1-4-13-12(3,11(16)17-5-2)7-10-15-9-6-8-14-15/h6,8-9,13H,4-5,7,10H2,1-3H3. The van der Waals surface area contributed by atoms with E-state index in [9.17, 15) is 4.79 Å². The van der Waals surface area contributed by atoms with Gasteiger partial charge in [-0.15, -0.1) is 0 Å². The SMILES string of the molecule is CCNC(C)(CCn1cccn1)C(=O)OCC. The maximum absolute atomic E-state index is 11.9. The summed E-state index contributed by atoms with van der Waals surface area (Å²) in [4.78, 5) is 11.9. The van der Waals surface area contributed by atoms with Crippen LogP contribution in [0.3, 0.4) is 0 Å². The third-order valence-corrected chi connectivity index (χ3v) is 2.69. The topological polar surface area (TPSA) is 56.2 Å². The highest BCUT2D eigenvalue weighted by Crippen LogP contribution is 2.13. The number of carbonyl (C=O) groups is 1. The van der Waals surface area contributed by atoms with E-state index in [1.165, 1.54) is 0 Å². The molecule has 0 saturated heterocycles. The molecule has 5 heteroatoms. The number of aryl methyl sites for hydroxylation is 1. The summed E-state index contributed by atoms with van der Waals surface area (Å²) < 4.78 is 6.91. The van der Waals surface area contributed by atoms with Gasteiger partial charge in [-0.2, -0.15) is 5.10 Å². The van der Waals surface area contributed by atoms with Crippen molar-refractivity contribution in [3.63, 3.8) is 0 Å². The first-order chi connectivity index (χ1) is 8.12. The van der Waals surface area contributed by atoms with Crippen molar-refractivity contribution in [3.8, 4) is 0 Å². The molecule has 1 aromatic heterocycles. The summed E-state index contributed by atoms with van der Waals surface area (Å²) in [6.45, 7) is 7.49. The van der Waals surface area contributed by atoms with Gasteiger partial charge in [0.1, 0.15) is 5.54 Å². The zero-order valence-corrected chi connectivity index (χ0v) is 10.8. The molecule has 1 N–H and O–H groups in total. The highest BCUT2D eigenvalue weighted by atomic mass is 16.5. The van der Waals surface area contributed by atoms with Crippen molar-refractivity contribution in [1.29, 1.82) is 0 Å². The van der Waals surface area contributed by atoms with Crippen LogP contribution < -0.4 is 5.32 Å². The van der Waals surface area contributed by atoms with Crippen molar-refractivity contribution < 1.29 is 9.53 Å². The molecule has 0 aliphatic carbocycles. The molecule has 96 valence electrons. The molecule has 0 aliphatic heterocycles. The first-order valence-electron chi connectivity index (χ1n) is 6.02. The molecule has 17 heavy (non-hydrogen) atoms. The highest BCUT2D eigenvalue weighted by Gasteiger charge is 2.33. The molecule has 1 rings (SSSR count). The second-order valence-corrected chi connectivity index (χ2v) is 4.10. The highest BCUT2D eigenvalue weighted by molar-refractivity contribution is 5.80. The van der Waals surface area contributed by atoms with Gasteiger partial charge in [-0.25, -0.2) is 0 Å². The Balaban J connectivity index is 2.60. The molecule has 1 heterocycles. The molecule has 0 radical (unpaired) electrons. The largest absolute Gasteiger partial charge is 0.465 e. The van der Waals surface area contributed by atoms with Gasteiger partial charge < -0.3 is 10.1 Å². The molecular weight excluding hydrogens is 218 g/mol. The molecule has 5 nitrogen and oxygen atoms in total. The average Bonchev–Trinajstić information content (AvgIpc) is 2.80. The van der Waals surface area contributed by atoms with Crippen LogP contribution in [-0.4, -0.2) is 34.4 Å². The van der Waals surface area contributed by atoms with Crippen molar-refractivity contribution in [2.45, 2.75) is 39.3 Å². The van der Waals surface area contributed by atoms with E-state index >= 15 is 0 Å². The molecule has 0 aliphatic rings. The van der Waals surface area contributed by atoms with E-state index < -0.39 is 5.54 Å². The Morgan fingerprint density at radius 2 is 2.29 bits per heavy atom. The van der Waals surface area contributed by atoms with Crippen LogP contribution in [0.2, 0.25) is 0 Å². The minimum absolute atomic E-state index is 0.200. The van der Waals surface area contributed by atoms with E-state index in [4.69, 9.17) is 4.74 Å². The molecular formula is C12H21N3O2. The minimum Gasteiger partial charge on any atom is -0.465 e. The second-order valence-electron chi connectivity index (χ2n) is 4.10. The lowest BCUT2D eigenvalue weighted by molar-refractivity contribution is -0.150. The Morgan fingerprint density at radius 3 is 2.82 bits per heavy atom. The van der Waals surface area contributed by atoms with E-state index in [2.05, 4.69) is 10.4 Å². The fourth-order valence-corrected chi connectivity index (χ4v) is 1.71. The third kappa shape index (κ3) is 3.85. The number of rotatable bonds is 7. The van der Waals surface area contributed by atoms with Crippen LogP contribution in [0.4, 0.5) is 0 Å². The van der Waals surface area contributed by atoms with Crippen LogP contribution in [0.25, 0.3) is 0 Å². The van der Waals surface area contributed by atoms with Gasteiger partial charge in [0, 0.05) is 18.9 Å². The monoisotopic (exact) mass is 239 g/mol. The normalized spacial score (nSPS) is 14.3. The average molecular weight is 239 g/mol. The smallest absolute Gasteiger partial charge is 0.326 e. The van der Waals surface area contributed by atoms with Crippen LogP contribution in [0.15, 0.2) is 18.5 Å². The molecule has 1 aromatic rings. The number of esters is 1. The summed E-state index contributed by atoms with van der Waals surface area (Å²) in [6.07, 6.45) is 4.27. The summed E-state index contributed by atoms with van der Waals surface area (Å²) in [5, 5.41) is 7.31. The summed E-state index contributed by atoms with van der Waals surface area (Å²) in [5.74, 6) is -0.200. The van der Waals surface area contributed by atoms with Crippen molar-refractivity contribution in [3.05, 3.63) is 18.5 Å². The van der Waals surface area contributed by atoms with E-state index in [1.54, 1.807) is 6.20 Å².